The average molecular weight is 449 g/mol. The Labute approximate surface area is 187 Å². The summed E-state index contributed by atoms with van der Waals surface area (Å²) < 4.78 is 11.1. The van der Waals surface area contributed by atoms with Crippen LogP contribution in [0.5, 0.6) is 0 Å². The first kappa shape index (κ1) is 22.6. The topological polar surface area (TPSA) is 52.6 Å². The normalized spacial score (nSPS) is 14.9. The Kier molecular flexibility index (Phi) is 7.79. The van der Waals surface area contributed by atoms with Crippen LogP contribution in [0.3, 0.4) is 0 Å². The number of halogens is 2. The Hall–Kier alpha value is -2.04. The molecule has 0 unspecified atom stereocenters. The lowest BCUT2D eigenvalue weighted by Gasteiger charge is -2.35. The van der Waals surface area contributed by atoms with Crippen molar-refractivity contribution >= 4 is 35.1 Å². The van der Waals surface area contributed by atoms with E-state index in [1.54, 1.807) is 55.5 Å². The summed E-state index contributed by atoms with van der Waals surface area (Å²) in [7, 11) is 0. The van der Waals surface area contributed by atoms with Gasteiger partial charge in [-0.1, -0.05) is 66.7 Å². The molecule has 0 amide bonds. The van der Waals surface area contributed by atoms with Gasteiger partial charge in [0.05, 0.1) is 0 Å². The van der Waals surface area contributed by atoms with E-state index in [1.807, 2.05) is 0 Å². The maximum atomic E-state index is 13.1. The molecule has 0 heterocycles. The van der Waals surface area contributed by atoms with Crippen LogP contribution in [0.1, 0.15) is 50.2 Å². The number of carbonyl (C=O) groups is 2. The van der Waals surface area contributed by atoms with Crippen molar-refractivity contribution in [1.82, 2.24) is 0 Å². The van der Waals surface area contributed by atoms with Crippen molar-refractivity contribution in [3.8, 4) is 0 Å². The minimum atomic E-state index is -1.33. The first-order valence-electron chi connectivity index (χ1n) is 10.2. The van der Waals surface area contributed by atoms with Crippen molar-refractivity contribution in [2.24, 2.45) is 11.3 Å². The van der Waals surface area contributed by atoms with Crippen LogP contribution < -0.4 is 0 Å². The van der Waals surface area contributed by atoms with E-state index in [1.165, 1.54) is 0 Å². The molecule has 1 saturated carbocycles. The van der Waals surface area contributed by atoms with Crippen LogP contribution >= 0.6 is 23.2 Å². The minimum Gasteiger partial charge on any atom is -0.460 e. The van der Waals surface area contributed by atoms with E-state index >= 15 is 0 Å². The molecular weight excluding hydrogens is 423 g/mol. The summed E-state index contributed by atoms with van der Waals surface area (Å²) >= 11 is 11.8. The fourth-order valence-electron chi connectivity index (χ4n) is 3.86. The van der Waals surface area contributed by atoms with Crippen molar-refractivity contribution in [1.29, 1.82) is 0 Å². The third-order valence-electron chi connectivity index (χ3n) is 5.84. The van der Waals surface area contributed by atoms with Crippen LogP contribution in [-0.4, -0.2) is 11.9 Å². The highest BCUT2D eigenvalue weighted by atomic mass is 35.5. The fourth-order valence-corrected chi connectivity index (χ4v) is 4.11. The molecule has 0 radical (unpaired) electrons. The molecule has 0 spiro atoms. The van der Waals surface area contributed by atoms with Gasteiger partial charge < -0.3 is 9.47 Å². The van der Waals surface area contributed by atoms with Gasteiger partial charge in [-0.2, -0.15) is 0 Å². The monoisotopic (exact) mass is 448 g/mol. The molecule has 0 aliphatic heterocycles. The van der Waals surface area contributed by atoms with Gasteiger partial charge in [0.25, 0.3) is 0 Å². The lowest BCUT2D eigenvalue weighted by Crippen LogP contribution is -2.46. The summed E-state index contributed by atoms with van der Waals surface area (Å²) in [6, 6.07) is 14.2. The number of rotatable bonds is 7. The molecule has 6 heteroatoms. The van der Waals surface area contributed by atoms with Gasteiger partial charge in [-0.15, -0.1) is 0 Å². The second-order valence-electron chi connectivity index (χ2n) is 7.94. The molecule has 2 aromatic rings. The molecule has 2 aromatic carbocycles. The van der Waals surface area contributed by atoms with E-state index in [4.69, 9.17) is 32.7 Å². The van der Waals surface area contributed by atoms with E-state index in [0.29, 0.717) is 10.0 Å². The van der Waals surface area contributed by atoms with Crippen molar-refractivity contribution in [2.45, 2.75) is 52.2 Å². The van der Waals surface area contributed by atoms with Gasteiger partial charge in [-0.05, 0) is 61.1 Å². The zero-order chi connectivity index (χ0) is 21.6. The SMILES string of the molecule is CC(C(=O)OCc1ccc(Cl)cc1)(C(=O)OCc1ccc(Cl)cc1)C1CCCCC1. The molecule has 0 bridgehead atoms. The maximum Gasteiger partial charge on any atom is 0.323 e. The zero-order valence-electron chi connectivity index (χ0n) is 17.0. The van der Waals surface area contributed by atoms with Crippen molar-refractivity contribution in [2.75, 3.05) is 0 Å². The number of esters is 2. The average Bonchev–Trinajstić information content (AvgIpc) is 2.78. The van der Waals surface area contributed by atoms with Crippen molar-refractivity contribution in [3.05, 3.63) is 69.7 Å². The number of carbonyl (C=O) groups excluding carboxylic acids is 2. The third-order valence-corrected chi connectivity index (χ3v) is 6.34. The molecule has 0 aromatic heterocycles. The summed E-state index contributed by atoms with van der Waals surface area (Å²) in [5, 5.41) is 1.23. The largest absolute Gasteiger partial charge is 0.460 e. The standard InChI is InChI=1S/C24H26Cl2O4/c1-24(19-5-3-2-4-6-19,22(27)29-15-17-7-11-20(25)12-8-17)23(28)30-16-18-9-13-21(26)14-10-18/h7-14,19H,2-6,15-16H2,1H3. The van der Waals surface area contributed by atoms with Gasteiger partial charge in [0.1, 0.15) is 13.2 Å². The molecule has 30 heavy (non-hydrogen) atoms. The van der Waals surface area contributed by atoms with Crippen LogP contribution in [0.15, 0.2) is 48.5 Å². The van der Waals surface area contributed by atoms with Gasteiger partial charge in [-0.3, -0.25) is 9.59 Å². The highest BCUT2D eigenvalue weighted by Gasteiger charge is 2.50. The maximum absolute atomic E-state index is 13.1. The Morgan fingerprint density at radius 3 is 1.60 bits per heavy atom. The second-order valence-corrected chi connectivity index (χ2v) is 8.82. The van der Waals surface area contributed by atoms with Crippen LogP contribution in [0.25, 0.3) is 0 Å². The molecule has 1 aliphatic rings. The Bertz CT molecular complexity index is 794. The third kappa shape index (κ3) is 5.55. The first-order chi connectivity index (χ1) is 14.4. The Balaban J connectivity index is 1.71. The highest BCUT2D eigenvalue weighted by molar-refractivity contribution is 6.30. The van der Waals surface area contributed by atoms with Gasteiger partial charge in [-0.25, -0.2) is 0 Å². The second kappa shape index (κ2) is 10.3. The van der Waals surface area contributed by atoms with Crippen LogP contribution in [0, 0.1) is 11.3 Å². The van der Waals surface area contributed by atoms with Gasteiger partial charge in [0.15, 0.2) is 5.41 Å². The molecule has 1 aliphatic carbocycles. The quantitative estimate of drug-likeness (QED) is 0.364. The van der Waals surface area contributed by atoms with Crippen molar-refractivity contribution < 1.29 is 19.1 Å². The smallest absolute Gasteiger partial charge is 0.323 e. The predicted octanol–water partition coefficient (Wildman–Crippen LogP) is 6.37. The molecular formula is C24H26Cl2O4. The number of benzene rings is 2. The predicted molar refractivity (Wildman–Crippen MR) is 117 cm³/mol. The number of hydrogen-bond acceptors (Lipinski definition) is 4. The first-order valence-corrected chi connectivity index (χ1v) is 11.0. The lowest BCUT2D eigenvalue weighted by atomic mass is 9.69. The number of hydrogen-bond donors (Lipinski definition) is 0. The highest BCUT2D eigenvalue weighted by Crippen LogP contribution is 2.41. The van der Waals surface area contributed by atoms with E-state index in [0.717, 1.165) is 43.2 Å². The molecule has 4 nitrogen and oxygen atoms in total. The van der Waals surface area contributed by atoms with Gasteiger partial charge in [0.2, 0.25) is 0 Å². The Morgan fingerprint density at radius 2 is 1.20 bits per heavy atom. The molecule has 160 valence electrons. The summed E-state index contributed by atoms with van der Waals surface area (Å²) in [6.45, 7) is 1.84. The van der Waals surface area contributed by atoms with E-state index in [9.17, 15) is 9.59 Å². The van der Waals surface area contributed by atoms with Crippen LogP contribution in [0.2, 0.25) is 10.0 Å². The molecule has 1 fully saturated rings. The minimum absolute atomic E-state index is 0.0861. The number of ether oxygens (including phenoxy) is 2. The van der Waals surface area contributed by atoms with E-state index in [2.05, 4.69) is 0 Å². The summed E-state index contributed by atoms with van der Waals surface area (Å²) in [6.07, 6.45) is 4.72. The fraction of sp³-hybridized carbons (Fsp3) is 0.417. The van der Waals surface area contributed by atoms with Crippen LogP contribution in [0.4, 0.5) is 0 Å². The van der Waals surface area contributed by atoms with Crippen molar-refractivity contribution in [3.63, 3.8) is 0 Å². The summed E-state index contributed by atoms with van der Waals surface area (Å²) in [5.41, 5.74) is 0.292. The Morgan fingerprint density at radius 1 is 0.800 bits per heavy atom. The molecule has 0 saturated heterocycles. The van der Waals surface area contributed by atoms with Gasteiger partial charge >= 0.3 is 11.9 Å². The van der Waals surface area contributed by atoms with Crippen LogP contribution in [-0.2, 0) is 32.3 Å². The van der Waals surface area contributed by atoms with E-state index < -0.39 is 17.4 Å². The molecule has 0 atom stereocenters. The summed E-state index contributed by atoms with van der Waals surface area (Å²) in [4.78, 5) is 26.3. The zero-order valence-corrected chi connectivity index (χ0v) is 18.5. The van der Waals surface area contributed by atoms with Gasteiger partial charge in [0, 0.05) is 10.0 Å². The van der Waals surface area contributed by atoms with E-state index in [-0.39, 0.29) is 19.1 Å². The molecule has 0 N–H and O–H groups in total. The summed E-state index contributed by atoms with van der Waals surface area (Å²) in [5.74, 6) is -1.17. The lowest BCUT2D eigenvalue weighted by molar-refractivity contribution is -0.178. The molecule has 3 rings (SSSR count).